The number of aliphatic hydroxyl groups is 1. The maximum atomic E-state index is 14.4. The van der Waals surface area contributed by atoms with Gasteiger partial charge in [0.15, 0.2) is 28.1 Å². The third kappa shape index (κ3) is 10.2. The molecule has 1 aromatic carbocycles. The standard InChI is InChI=1S/C36H39N11O13P2/c1-2-12-53-61(51,54-13-6-10-37)60-25-16-29(46-21-43-30-32(39-19-40-33(30)46)45-35(49)23-8-4-3-5-9-23)58-27(25)18-56-62(52,55-14-7-11-38)59-24-15-28(57-26(24)17-48)47-22-44-31-34(47)41-20-42-36(31)50/h2-5,8-9,19-22,24-29,48H,1,6-7,12-18H2,(H,41,42,50)(H,39,40,45,49)/t24-,25-,26?,27?,28?,29?,61?,62?/m0/s1. The van der Waals surface area contributed by atoms with E-state index < -0.39 is 77.2 Å². The van der Waals surface area contributed by atoms with Gasteiger partial charge in [-0.25, -0.2) is 34.0 Å². The lowest BCUT2D eigenvalue weighted by Crippen LogP contribution is -2.31. The van der Waals surface area contributed by atoms with Crippen molar-refractivity contribution in [3.63, 3.8) is 0 Å². The fraction of sp³-hybridized carbons (Fsp3) is 0.417. The number of H-pyrrole nitrogens is 1. The Labute approximate surface area is 351 Å². The van der Waals surface area contributed by atoms with Crippen molar-refractivity contribution >= 4 is 49.7 Å². The van der Waals surface area contributed by atoms with Gasteiger partial charge in [-0.2, -0.15) is 10.5 Å². The number of nitrogens with one attached hydrogen (secondary N) is 2. The number of imidazole rings is 2. The van der Waals surface area contributed by atoms with Crippen molar-refractivity contribution in [1.29, 1.82) is 10.5 Å². The van der Waals surface area contributed by atoms with Crippen LogP contribution in [0.5, 0.6) is 0 Å². The number of carbonyl (C=O) groups excluding carboxylic acids is 1. The average molecular weight is 896 g/mol. The molecule has 2 fully saturated rings. The summed E-state index contributed by atoms with van der Waals surface area (Å²) in [5.74, 6) is -0.327. The zero-order valence-corrected chi connectivity index (χ0v) is 34.4. The maximum absolute atomic E-state index is 14.4. The van der Waals surface area contributed by atoms with Crippen molar-refractivity contribution in [1.82, 2.24) is 39.0 Å². The molecule has 0 aliphatic carbocycles. The average Bonchev–Trinajstić information content (AvgIpc) is 4.08. The number of benzene rings is 1. The van der Waals surface area contributed by atoms with Crippen LogP contribution in [0.2, 0.25) is 0 Å². The minimum Gasteiger partial charge on any atom is -0.394 e. The number of hydrogen-bond acceptors (Lipinski definition) is 20. The molecule has 6 unspecified atom stereocenters. The number of aromatic amines is 1. The Morgan fingerprint density at radius 1 is 0.887 bits per heavy atom. The van der Waals surface area contributed by atoms with Crippen LogP contribution < -0.4 is 10.9 Å². The Hall–Kier alpha value is -5.59. The number of nitriles is 2. The Morgan fingerprint density at radius 3 is 2.15 bits per heavy atom. The highest BCUT2D eigenvalue weighted by molar-refractivity contribution is 7.48. The van der Waals surface area contributed by atoms with Gasteiger partial charge in [-0.1, -0.05) is 24.3 Å². The van der Waals surface area contributed by atoms with Crippen molar-refractivity contribution in [2.75, 3.05) is 38.4 Å². The van der Waals surface area contributed by atoms with E-state index in [-0.39, 0.29) is 73.6 Å². The number of aliphatic hydroxyl groups excluding tert-OH is 1. The lowest BCUT2D eigenvalue weighted by molar-refractivity contribution is -0.0584. The molecule has 0 radical (unpaired) electrons. The number of rotatable bonds is 21. The van der Waals surface area contributed by atoms with E-state index in [2.05, 4.69) is 41.8 Å². The lowest BCUT2D eigenvalue weighted by Gasteiger charge is -2.26. The van der Waals surface area contributed by atoms with E-state index in [0.29, 0.717) is 5.56 Å². The van der Waals surface area contributed by atoms with E-state index in [9.17, 15) is 29.1 Å². The van der Waals surface area contributed by atoms with Crippen LogP contribution in [0.15, 0.2) is 73.1 Å². The normalized spacial score (nSPS) is 23.1. The number of anilines is 1. The largest absolute Gasteiger partial charge is 0.475 e. The molecular weight excluding hydrogens is 856 g/mol. The highest BCUT2D eigenvalue weighted by Gasteiger charge is 2.47. The molecular formula is C36H39N11O13P2. The number of aromatic nitrogens is 8. The van der Waals surface area contributed by atoms with Gasteiger partial charge in [0.25, 0.3) is 11.5 Å². The second-order valence-electron chi connectivity index (χ2n) is 13.4. The van der Waals surface area contributed by atoms with Crippen LogP contribution in [0.3, 0.4) is 0 Å². The molecule has 62 heavy (non-hydrogen) atoms. The van der Waals surface area contributed by atoms with Gasteiger partial charge in [0.1, 0.15) is 43.2 Å². The second kappa shape index (κ2) is 20.1. The van der Waals surface area contributed by atoms with E-state index in [1.807, 2.05) is 12.1 Å². The van der Waals surface area contributed by atoms with Gasteiger partial charge in [0, 0.05) is 18.4 Å². The molecule has 5 aromatic rings. The summed E-state index contributed by atoms with van der Waals surface area (Å²) in [6.45, 7) is 1.43. The predicted octanol–water partition coefficient (Wildman–Crippen LogP) is 3.85. The molecule has 7 rings (SSSR count). The number of nitrogens with zero attached hydrogens (tertiary/aromatic N) is 9. The first-order valence-corrected chi connectivity index (χ1v) is 21.9. The van der Waals surface area contributed by atoms with Crippen molar-refractivity contribution in [2.45, 2.75) is 62.6 Å². The third-order valence-corrected chi connectivity index (χ3v) is 12.3. The maximum Gasteiger partial charge on any atom is 0.475 e. The molecule has 2 saturated heterocycles. The van der Waals surface area contributed by atoms with Gasteiger partial charge in [-0.15, -0.1) is 6.58 Å². The van der Waals surface area contributed by atoms with Gasteiger partial charge < -0.3 is 24.9 Å². The first kappa shape index (κ1) is 44.5. The summed E-state index contributed by atoms with van der Waals surface area (Å²) in [4.78, 5) is 49.0. The smallest absolute Gasteiger partial charge is 0.394 e. The molecule has 2 aliphatic heterocycles. The summed E-state index contributed by atoms with van der Waals surface area (Å²) < 4.78 is 77.9. The lowest BCUT2D eigenvalue weighted by atomic mass is 10.2. The van der Waals surface area contributed by atoms with Gasteiger partial charge in [-0.3, -0.25) is 45.9 Å². The van der Waals surface area contributed by atoms with E-state index in [4.69, 9.17) is 41.9 Å². The molecule has 2 aliphatic rings. The molecule has 8 atom stereocenters. The number of ether oxygens (including phenoxy) is 2. The number of phosphoric ester groups is 2. The Balaban J connectivity index is 1.14. The van der Waals surface area contributed by atoms with Crippen molar-refractivity contribution in [3.8, 4) is 12.1 Å². The number of phosphoric acid groups is 2. The van der Waals surface area contributed by atoms with Crippen LogP contribution in [-0.4, -0.2) is 108 Å². The Kier molecular flexibility index (Phi) is 14.4. The molecule has 0 spiro atoms. The molecule has 0 bridgehead atoms. The van der Waals surface area contributed by atoms with Crippen LogP contribution in [0.4, 0.5) is 5.82 Å². The van der Waals surface area contributed by atoms with E-state index in [1.54, 1.807) is 30.3 Å². The summed E-state index contributed by atoms with van der Waals surface area (Å²) >= 11 is 0. The van der Waals surface area contributed by atoms with Gasteiger partial charge in [0.05, 0.1) is 77.0 Å². The number of carbonyl (C=O) groups is 1. The van der Waals surface area contributed by atoms with Gasteiger partial charge in [0.2, 0.25) is 0 Å². The first-order chi connectivity index (χ1) is 30.1. The zero-order valence-electron chi connectivity index (χ0n) is 32.6. The first-order valence-electron chi connectivity index (χ1n) is 18.9. The van der Waals surface area contributed by atoms with Crippen LogP contribution in [-0.2, 0) is 45.7 Å². The quantitative estimate of drug-likeness (QED) is 0.0535. The highest BCUT2D eigenvalue weighted by Crippen LogP contribution is 2.56. The van der Waals surface area contributed by atoms with Gasteiger partial charge in [-0.05, 0) is 12.1 Å². The minimum absolute atomic E-state index is 0.0406. The number of fused-ring (bicyclic) bond motifs is 2. The summed E-state index contributed by atoms with van der Waals surface area (Å²) in [5.41, 5.74) is 0.578. The zero-order chi connectivity index (χ0) is 43.7. The van der Waals surface area contributed by atoms with Crippen LogP contribution in [0.1, 0.15) is 48.5 Å². The molecule has 4 aromatic heterocycles. The van der Waals surface area contributed by atoms with Crippen molar-refractivity contribution in [3.05, 3.63) is 84.2 Å². The summed E-state index contributed by atoms with van der Waals surface area (Å²) in [6.07, 6.45) is -0.496. The molecule has 3 N–H and O–H groups in total. The summed E-state index contributed by atoms with van der Waals surface area (Å²) in [5, 5.41) is 31.3. The van der Waals surface area contributed by atoms with Crippen molar-refractivity contribution in [2.24, 2.45) is 0 Å². The summed E-state index contributed by atoms with van der Waals surface area (Å²) in [6, 6.07) is 12.2. The predicted molar refractivity (Wildman–Crippen MR) is 211 cm³/mol. The molecule has 1 amide bonds. The molecule has 24 nitrogen and oxygen atoms in total. The third-order valence-electron chi connectivity index (χ3n) is 9.36. The van der Waals surface area contributed by atoms with E-state index in [1.165, 1.54) is 40.5 Å². The second-order valence-corrected chi connectivity index (χ2v) is 16.6. The van der Waals surface area contributed by atoms with Gasteiger partial charge >= 0.3 is 15.6 Å². The number of amides is 1. The number of hydrogen-bond donors (Lipinski definition) is 3. The Bertz CT molecular complexity index is 2610. The van der Waals surface area contributed by atoms with E-state index in [0.717, 1.165) is 0 Å². The minimum atomic E-state index is -4.68. The Morgan fingerprint density at radius 2 is 1.50 bits per heavy atom. The molecule has 326 valence electrons. The highest BCUT2D eigenvalue weighted by atomic mass is 31.2. The molecule has 6 heterocycles. The van der Waals surface area contributed by atoms with E-state index >= 15 is 0 Å². The summed E-state index contributed by atoms with van der Waals surface area (Å²) in [7, 11) is -9.11. The van der Waals surface area contributed by atoms with Crippen LogP contribution >= 0.6 is 15.6 Å². The fourth-order valence-corrected chi connectivity index (χ4v) is 9.26. The van der Waals surface area contributed by atoms with Crippen LogP contribution in [0, 0.1) is 22.7 Å². The monoisotopic (exact) mass is 895 g/mol. The molecule has 26 heteroatoms. The SMILES string of the molecule is C=CCOP(=O)(OCCC#N)O[C@H]1CC(n2cnc3c(NC(=O)c4ccccc4)ncnc32)OC1COP(=O)(OCCC#N)O[C@H]1CC(n2cnc3c(=O)[nH]cnc32)OC1CO. The fourth-order valence-electron chi connectivity index (χ4n) is 6.52. The molecule has 0 saturated carbocycles. The topological polar surface area (TPSA) is 312 Å². The van der Waals surface area contributed by atoms with Crippen LogP contribution in [0.25, 0.3) is 22.3 Å². The van der Waals surface area contributed by atoms with Crippen molar-refractivity contribution < 1.29 is 55.6 Å².